The zero-order valence-electron chi connectivity index (χ0n) is 9.00. The second-order valence-electron chi connectivity index (χ2n) is 3.62. The number of primary amides is 1. The van der Waals surface area contributed by atoms with Gasteiger partial charge >= 0.3 is 0 Å². The summed E-state index contributed by atoms with van der Waals surface area (Å²) in [4.78, 5) is 13.0. The molecule has 0 heterocycles. The van der Waals surface area contributed by atoms with E-state index >= 15 is 0 Å². The maximum Gasteiger partial charge on any atom is 0.240 e. The molecule has 0 bridgehead atoms. The van der Waals surface area contributed by atoms with Gasteiger partial charge in [-0.15, -0.1) is 0 Å². The molecular weight excluding hydrogens is 164 g/mol. The molecule has 0 aliphatic rings. The summed E-state index contributed by atoms with van der Waals surface area (Å²) >= 11 is 0. The van der Waals surface area contributed by atoms with Gasteiger partial charge in [-0.25, -0.2) is 0 Å². The van der Waals surface area contributed by atoms with Crippen molar-refractivity contribution >= 4 is 5.91 Å². The maximum atomic E-state index is 11.1. The average Bonchev–Trinajstić information content (AvgIpc) is 2.01. The molecule has 0 saturated carbocycles. The zero-order valence-corrected chi connectivity index (χ0v) is 9.00. The van der Waals surface area contributed by atoms with Crippen molar-refractivity contribution in [1.82, 2.24) is 4.90 Å². The van der Waals surface area contributed by atoms with Gasteiger partial charge in [-0.05, 0) is 12.3 Å². The number of allylic oxidation sites excluding steroid dienone is 1. The van der Waals surface area contributed by atoms with Crippen LogP contribution in [0.3, 0.4) is 0 Å². The summed E-state index contributed by atoms with van der Waals surface area (Å²) in [6.07, 6.45) is 0.840. The third-order valence-corrected chi connectivity index (χ3v) is 2.25. The van der Waals surface area contributed by atoms with Gasteiger partial charge in [-0.1, -0.05) is 27.4 Å². The molecule has 0 aliphatic heterocycles. The monoisotopic (exact) mass is 184 g/mol. The molecule has 76 valence electrons. The number of hydrogen-bond acceptors (Lipinski definition) is 2. The van der Waals surface area contributed by atoms with Crippen molar-refractivity contribution in [2.75, 3.05) is 7.05 Å². The average molecular weight is 184 g/mol. The van der Waals surface area contributed by atoms with Crippen LogP contribution < -0.4 is 5.73 Å². The number of hydrogen-bond donors (Lipinski definition) is 1. The smallest absolute Gasteiger partial charge is 0.240 e. The first-order chi connectivity index (χ1) is 5.91. The molecule has 2 N–H and O–H groups in total. The lowest BCUT2D eigenvalue weighted by atomic mass is 10.0. The van der Waals surface area contributed by atoms with Crippen LogP contribution in [0, 0.1) is 5.92 Å². The summed E-state index contributed by atoms with van der Waals surface area (Å²) in [5.41, 5.74) is 6.25. The molecule has 0 aromatic carbocycles. The summed E-state index contributed by atoms with van der Waals surface area (Å²) in [5.74, 6) is -0.0714. The van der Waals surface area contributed by atoms with Crippen LogP contribution in [0.2, 0.25) is 0 Å². The van der Waals surface area contributed by atoms with Gasteiger partial charge in [-0.2, -0.15) is 0 Å². The van der Waals surface area contributed by atoms with E-state index in [1.165, 1.54) is 0 Å². The number of likely N-dealkylation sites (N-methyl/N-ethyl adjacent to an activating group) is 1. The van der Waals surface area contributed by atoms with Gasteiger partial charge < -0.3 is 10.6 Å². The minimum Gasteiger partial charge on any atom is -0.368 e. The second-order valence-corrected chi connectivity index (χ2v) is 3.62. The first-order valence-corrected chi connectivity index (χ1v) is 4.61. The Kier molecular flexibility index (Phi) is 4.52. The van der Waals surface area contributed by atoms with Gasteiger partial charge in [0.05, 0.1) is 0 Å². The molecule has 0 fully saturated rings. The molecule has 0 aromatic heterocycles. The standard InChI is InChI=1S/C10H20N2O/c1-6-8(4)12(5)9(7(2)3)10(11)13/h7,9H,4,6H2,1-3,5H3,(H2,11,13). The lowest BCUT2D eigenvalue weighted by Crippen LogP contribution is -2.45. The summed E-state index contributed by atoms with van der Waals surface area (Å²) in [6, 6.07) is -0.243. The van der Waals surface area contributed by atoms with Gasteiger partial charge in [-0.3, -0.25) is 4.79 Å². The van der Waals surface area contributed by atoms with Crippen LogP contribution in [0.15, 0.2) is 12.3 Å². The minimum absolute atomic E-state index is 0.214. The fraction of sp³-hybridized carbons (Fsp3) is 0.700. The van der Waals surface area contributed by atoms with Crippen molar-refractivity contribution in [2.45, 2.75) is 33.2 Å². The van der Waals surface area contributed by atoms with E-state index in [4.69, 9.17) is 5.73 Å². The lowest BCUT2D eigenvalue weighted by molar-refractivity contribution is -0.123. The van der Waals surface area contributed by atoms with Gasteiger partial charge in [0.25, 0.3) is 0 Å². The van der Waals surface area contributed by atoms with E-state index in [1.807, 2.05) is 32.7 Å². The highest BCUT2D eigenvalue weighted by atomic mass is 16.1. The number of nitrogens with two attached hydrogens (primary N) is 1. The van der Waals surface area contributed by atoms with Crippen LogP contribution in [-0.4, -0.2) is 23.9 Å². The Hall–Kier alpha value is -0.990. The van der Waals surface area contributed by atoms with Gasteiger partial charge in [0.2, 0.25) is 5.91 Å². The van der Waals surface area contributed by atoms with Gasteiger partial charge in [0.15, 0.2) is 0 Å². The highest BCUT2D eigenvalue weighted by Crippen LogP contribution is 2.14. The van der Waals surface area contributed by atoms with Crippen molar-refractivity contribution < 1.29 is 4.79 Å². The fourth-order valence-corrected chi connectivity index (χ4v) is 1.41. The predicted molar refractivity (Wildman–Crippen MR) is 55.0 cm³/mol. The van der Waals surface area contributed by atoms with E-state index in [1.54, 1.807) is 0 Å². The van der Waals surface area contributed by atoms with Crippen molar-refractivity contribution in [1.29, 1.82) is 0 Å². The van der Waals surface area contributed by atoms with E-state index in [0.29, 0.717) is 0 Å². The number of nitrogens with zero attached hydrogens (tertiary/aromatic N) is 1. The summed E-state index contributed by atoms with van der Waals surface area (Å²) in [6.45, 7) is 9.85. The van der Waals surface area contributed by atoms with E-state index in [2.05, 4.69) is 6.58 Å². The van der Waals surface area contributed by atoms with E-state index in [-0.39, 0.29) is 17.9 Å². The van der Waals surface area contributed by atoms with Gasteiger partial charge in [0, 0.05) is 12.7 Å². The van der Waals surface area contributed by atoms with Crippen molar-refractivity contribution in [3.05, 3.63) is 12.3 Å². The predicted octanol–water partition coefficient (Wildman–Crippen LogP) is 1.35. The number of carbonyl (C=O) groups is 1. The lowest BCUT2D eigenvalue weighted by Gasteiger charge is -2.31. The summed E-state index contributed by atoms with van der Waals surface area (Å²) < 4.78 is 0. The molecule has 0 radical (unpaired) electrons. The third kappa shape index (κ3) is 3.09. The Labute approximate surface area is 80.6 Å². The largest absolute Gasteiger partial charge is 0.368 e. The SMILES string of the molecule is C=C(CC)N(C)C(C(N)=O)C(C)C. The second kappa shape index (κ2) is 4.90. The van der Waals surface area contributed by atoms with Crippen molar-refractivity contribution in [3.8, 4) is 0 Å². The van der Waals surface area contributed by atoms with Crippen molar-refractivity contribution in [3.63, 3.8) is 0 Å². The molecule has 1 unspecified atom stereocenters. The van der Waals surface area contributed by atoms with E-state index in [9.17, 15) is 4.79 Å². The van der Waals surface area contributed by atoms with E-state index < -0.39 is 0 Å². The number of rotatable bonds is 5. The quantitative estimate of drug-likeness (QED) is 0.701. The number of carbonyl (C=O) groups excluding carboxylic acids is 1. The van der Waals surface area contributed by atoms with Crippen LogP contribution in [0.4, 0.5) is 0 Å². The maximum absolute atomic E-state index is 11.1. The van der Waals surface area contributed by atoms with Crippen LogP contribution in [0.5, 0.6) is 0 Å². The molecule has 1 atom stereocenters. The van der Waals surface area contributed by atoms with Crippen LogP contribution >= 0.6 is 0 Å². The van der Waals surface area contributed by atoms with Gasteiger partial charge in [0.1, 0.15) is 6.04 Å². The first kappa shape index (κ1) is 12.0. The first-order valence-electron chi connectivity index (χ1n) is 4.61. The number of amides is 1. The zero-order chi connectivity index (χ0) is 10.6. The molecule has 0 rings (SSSR count). The Balaban J connectivity index is 4.55. The van der Waals surface area contributed by atoms with Crippen LogP contribution in [0.25, 0.3) is 0 Å². The highest BCUT2D eigenvalue weighted by molar-refractivity contribution is 5.80. The topological polar surface area (TPSA) is 46.3 Å². The normalized spacial score (nSPS) is 12.7. The highest BCUT2D eigenvalue weighted by Gasteiger charge is 2.24. The molecule has 1 amide bonds. The summed E-state index contributed by atoms with van der Waals surface area (Å²) in [5, 5.41) is 0. The Morgan fingerprint density at radius 2 is 2.00 bits per heavy atom. The fourth-order valence-electron chi connectivity index (χ4n) is 1.41. The molecule has 0 spiro atoms. The molecule has 0 aromatic rings. The third-order valence-electron chi connectivity index (χ3n) is 2.25. The van der Waals surface area contributed by atoms with Crippen LogP contribution in [-0.2, 0) is 4.79 Å². The van der Waals surface area contributed by atoms with Crippen molar-refractivity contribution in [2.24, 2.45) is 11.7 Å². The molecular formula is C10H20N2O. The Morgan fingerprint density at radius 1 is 1.54 bits per heavy atom. The Bertz CT molecular complexity index is 199. The van der Waals surface area contributed by atoms with Crippen LogP contribution in [0.1, 0.15) is 27.2 Å². The molecule has 3 heteroatoms. The van der Waals surface area contributed by atoms with E-state index in [0.717, 1.165) is 12.1 Å². The molecule has 0 saturated heterocycles. The minimum atomic E-state index is -0.285. The molecule has 0 aliphatic carbocycles. The molecule has 3 nitrogen and oxygen atoms in total. The summed E-state index contributed by atoms with van der Waals surface area (Å²) in [7, 11) is 1.86. The Morgan fingerprint density at radius 3 is 2.23 bits per heavy atom. The molecule has 13 heavy (non-hydrogen) atoms.